The average molecular weight is 272 g/mol. The predicted octanol–water partition coefficient (Wildman–Crippen LogP) is 2.32. The van der Waals surface area contributed by atoms with Gasteiger partial charge in [0.1, 0.15) is 6.04 Å². The first-order valence-electron chi connectivity index (χ1n) is 4.72. The predicted molar refractivity (Wildman–Crippen MR) is 62.8 cm³/mol. The van der Waals surface area contributed by atoms with Crippen LogP contribution in [0.25, 0.3) is 0 Å². The molecule has 3 nitrogen and oxygen atoms in total. The van der Waals surface area contributed by atoms with Gasteiger partial charge >= 0.3 is 5.97 Å². The van der Waals surface area contributed by atoms with Crippen molar-refractivity contribution in [3.05, 3.63) is 33.8 Å². The molecule has 1 atom stereocenters. The fraction of sp³-hybridized carbons (Fsp3) is 0.364. The monoisotopic (exact) mass is 271 g/mol. The molecular weight excluding hydrogens is 258 g/mol. The van der Waals surface area contributed by atoms with Crippen LogP contribution in [0, 0.1) is 6.92 Å². The molecule has 0 amide bonds. The van der Waals surface area contributed by atoms with E-state index in [1.165, 1.54) is 5.56 Å². The molecule has 1 aromatic rings. The Morgan fingerprint density at radius 1 is 1.60 bits per heavy atom. The third kappa shape index (κ3) is 3.64. The molecule has 1 rings (SSSR count). The zero-order chi connectivity index (χ0) is 11.4. The second kappa shape index (κ2) is 5.28. The molecule has 0 fully saturated rings. The summed E-state index contributed by atoms with van der Waals surface area (Å²) in [5.74, 6) is -0.835. The van der Waals surface area contributed by atoms with E-state index in [1.54, 1.807) is 6.92 Å². The number of hydrogen-bond acceptors (Lipinski definition) is 2. The second-order valence-corrected chi connectivity index (χ2v) is 4.39. The molecule has 0 saturated heterocycles. The number of aliphatic carboxylic acids is 1. The van der Waals surface area contributed by atoms with E-state index in [0.717, 1.165) is 10.0 Å². The third-order valence-electron chi connectivity index (χ3n) is 2.18. The third-order valence-corrected chi connectivity index (χ3v) is 2.92. The number of rotatable bonds is 4. The molecule has 0 saturated carbocycles. The molecule has 1 aromatic carbocycles. The van der Waals surface area contributed by atoms with E-state index in [4.69, 9.17) is 5.11 Å². The van der Waals surface area contributed by atoms with Crippen molar-refractivity contribution in [1.82, 2.24) is 5.32 Å². The normalized spacial score (nSPS) is 12.5. The lowest BCUT2D eigenvalue weighted by atomic mass is 10.1. The van der Waals surface area contributed by atoms with Gasteiger partial charge in [-0.15, -0.1) is 0 Å². The van der Waals surface area contributed by atoms with Crippen molar-refractivity contribution in [2.75, 3.05) is 0 Å². The molecule has 2 N–H and O–H groups in total. The van der Waals surface area contributed by atoms with Crippen LogP contribution in [0.15, 0.2) is 22.7 Å². The topological polar surface area (TPSA) is 49.3 Å². The van der Waals surface area contributed by atoms with Gasteiger partial charge in [-0.25, -0.2) is 0 Å². The Morgan fingerprint density at radius 3 is 2.80 bits per heavy atom. The molecule has 15 heavy (non-hydrogen) atoms. The number of nitrogens with one attached hydrogen (secondary N) is 1. The van der Waals surface area contributed by atoms with Crippen molar-refractivity contribution in [3.63, 3.8) is 0 Å². The highest BCUT2D eigenvalue weighted by Gasteiger charge is 2.10. The standard InChI is InChI=1S/C11H14BrNO2/c1-7-3-4-9(10(12)5-7)6-13-8(2)11(14)15/h3-5,8,13H,6H2,1-2H3,(H,14,15). The van der Waals surface area contributed by atoms with Crippen LogP contribution in [-0.4, -0.2) is 17.1 Å². The maximum absolute atomic E-state index is 10.6. The van der Waals surface area contributed by atoms with E-state index >= 15 is 0 Å². The first-order chi connectivity index (χ1) is 7.00. The van der Waals surface area contributed by atoms with Crippen molar-refractivity contribution in [2.24, 2.45) is 0 Å². The Balaban J connectivity index is 2.62. The zero-order valence-electron chi connectivity index (χ0n) is 8.75. The highest BCUT2D eigenvalue weighted by atomic mass is 79.9. The van der Waals surface area contributed by atoms with E-state index in [2.05, 4.69) is 21.2 Å². The van der Waals surface area contributed by atoms with Crippen LogP contribution in [0.2, 0.25) is 0 Å². The van der Waals surface area contributed by atoms with Crippen molar-refractivity contribution in [1.29, 1.82) is 0 Å². The molecule has 0 aliphatic heterocycles. The van der Waals surface area contributed by atoms with Gasteiger partial charge in [-0.05, 0) is 31.0 Å². The number of carboxylic acids is 1. The maximum Gasteiger partial charge on any atom is 0.320 e. The SMILES string of the molecule is Cc1ccc(CNC(C)C(=O)O)c(Br)c1. The van der Waals surface area contributed by atoms with Crippen LogP contribution in [0.3, 0.4) is 0 Å². The smallest absolute Gasteiger partial charge is 0.320 e. The summed E-state index contributed by atoms with van der Waals surface area (Å²) in [4.78, 5) is 10.6. The summed E-state index contributed by atoms with van der Waals surface area (Å²) >= 11 is 3.45. The largest absolute Gasteiger partial charge is 0.480 e. The van der Waals surface area contributed by atoms with Crippen molar-refractivity contribution >= 4 is 21.9 Å². The van der Waals surface area contributed by atoms with Crippen molar-refractivity contribution < 1.29 is 9.90 Å². The Labute approximate surface area is 97.6 Å². The summed E-state index contributed by atoms with van der Waals surface area (Å²) < 4.78 is 1.01. The van der Waals surface area contributed by atoms with Gasteiger partial charge < -0.3 is 10.4 Å². The molecule has 0 aliphatic rings. The van der Waals surface area contributed by atoms with Gasteiger partial charge in [0.2, 0.25) is 0 Å². The van der Waals surface area contributed by atoms with Gasteiger partial charge in [-0.1, -0.05) is 28.1 Å². The Hall–Kier alpha value is -0.870. The quantitative estimate of drug-likeness (QED) is 0.884. The van der Waals surface area contributed by atoms with Gasteiger partial charge in [0.25, 0.3) is 0 Å². The lowest BCUT2D eigenvalue weighted by molar-refractivity contribution is -0.139. The highest BCUT2D eigenvalue weighted by Crippen LogP contribution is 2.18. The van der Waals surface area contributed by atoms with E-state index in [0.29, 0.717) is 6.54 Å². The summed E-state index contributed by atoms with van der Waals surface area (Å²) in [5, 5.41) is 11.6. The number of hydrogen-bond donors (Lipinski definition) is 2. The average Bonchev–Trinajstić information content (AvgIpc) is 2.15. The van der Waals surface area contributed by atoms with Crippen LogP contribution in [-0.2, 0) is 11.3 Å². The van der Waals surface area contributed by atoms with Gasteiger partial charge in [0, 0.05) is 11.0 Å². The minimum absolute atomic E-state index is 0.529. The number of aryl methyl sites for hydroxylation is 1. The molecule has 0 aromatic heterocycles. The Bertz CT molecular complexity index is 366. The van der Waals surface area contributed by atoms with Crippen molar-refractivity contribution in [2.45, 2.75) is 26.4 Å². The van der Waals surface area contributed by atoms with Crippen LogP contribution in [0.4, 0.5) is 0 Å². The molecule has 0 bridgehead atoms. The summed E-state index contributed by atoms with van der Waals surface area (Å²) in [6.45, 7) is 4.20. The van der Waals surface area contributed by atoms with Gasteiger partial charge in [-0.3, -0.25) is 4.79 Å². The molecule has 0 spiro atoms. The molecule has 82 valence electrons. The summed E-state index contributed by atoms with van der Waals surface area (Å²) in [5.41, 5.74) is 2.24. The first kappa shape index (κ1) is 12.2. The van der Waals surface area contributed by atoms with Gasteiger partial charge in [0.15, 0.2) is 0 Å². The molecule has 0 heterocycles. The number of benzene rings is 1. The number of carboxylic acid groups (broad SMARTS) is 1. The Kier molecular flexibility index (Phi) is 4.29. The molecule has 0 radical (unpaired) electrons. The van der Waals surface area contributed by atoms with Crippen molar-refractivity contribution in [3.8, 4) is 0 Å². The molecule has 1 unspecified atom stereocenters. The minimum Gasteiger partial charge on any atom is -0.480 e. The number of carbonyl (C=O) groups is 1. The van der Waals surface area contributed by atoms with E-state index < -0.39 is 12.0 Å². The summed E-state index contributed by atoms with van der Waals surface area (Å²) in [7, 11) is 0. The van der Waals surface area contributed by atoms with Crippen LogP contribution >= 0.6 is 15.9 Å². The molecular formula is C11H14BrNO2. The van der Waals surface area contributed by atoms with E-state index in [9.17, 15) is 4.79 Å². The zero-order valence-corrected chi connectivity index (χ0v) is 10.3. The highest BCUT2D eigenvalue weighted by molar-refractivity contribution is 9.10. The van der Waals surface area contributed by atoms with E-state index in [-0.39, 0.29) is 0 Å². The molecule has 0 aliphatic carbocycles. The minimum atomic E-state index is -0.835. The van der Waals surface area contributed by atoms with Crippen LogP contribution in [0.5, 0.6) is 0 Å². The maximum atomic E-state index is 10.6. The molecule has 4 heteroatoms. The first-order valence-corrected chi connectivity index (χ1v) is 5.51. The van der Waals surface area contributed by atoms with Gasteiger partial charge in [-0.2, -0.15) is 0 Å². The lowest BCUT2D eigenvalue weighted by Crippen LogP contribution is -2.33. The van der Waals surface area contributed by atoms with Crippen LogP contribution < -0.4 is 5.32 Å². The number of halogens is 1. The fourth-order valence-electron chi connectivity index (χ4n) is 1.15. The second-order valence-electron chi connectivity index (χ2n) is 3.54. The fourth-order valence-corrected chi connectivity index (χ4v) is 1.78. The summed E-state index contributed by atoms with van der Waals surface area (Å²) in [6.07, 6.45) is 0. The van der Waals surface area contributed by atoms with E-state index in [1.807, 2.05) is 25.1 Å². The van der Waals surface area contributed by atoms with Crippen LogP contribution in [0.1, 0.15) is 18.1 Å². The van der Waals surface area contributed by atoms with Gasteiger partial charge in [0.05, 0.1) is 0 Å². The lowest BCUT2D eigenvalue weighted by Gasteiger charge is -2.10. The summed E-state index contributed by atoms with van der Waals surface area (Å²) in [6, 6.07) is 5.48. The Morgan fingerprint density at radius 2 is 2.27 bits per heavy atom.